The average Bonchev–Trinajstić information content (AvgIpc) is 3.21. The van der Waals surface area contributed by atoms with E-state index in [9.17, 15) is 9.90 Å². The van der Waals surface area contributed by atoms with E-state index in [0.717, 1.165) is 28.9 Å². The molecule has 0 bridgehead atoms. The highest BCUT2D eigenvalue weighted by Crippen LogP contribution is 2.31. The summed E-state index contributed by atoms with van der Waals surface area (Å²) < 4.78 is 7.45. The number of carboxylic acids is 1. The van der Waals surface area contributed by atoms with Crippen LogP contribution in [0, 0.1) is 5.92 Å². The Morgan fingerprint density at radius 2 is 2.00 bits per heavy atom. The largest absolute Gasteiger partial charge is 0.481 e. The predicted octanol–water partition coefficient (Wildman–Crippen LogP) is 3.94. The summed E-state index contributed by atoms with van der Waals surface area (Å²) in [4.78, 5) is 16.6. The number of rotatable bonds is 12. The summed E-state index contributed by atoms with van der Waals surface area (Å²) in [6.45, 7) is 9.71. The van der Waals surface area contributed by atoms with Crippen LogP contribution in [0.4, 0.5) is 5.82 Å². The van der Waals surface area contributed by atoms with Crippen LogP contribution in [0.25, 0.3) is 10.9 Å². The Balaban J connectivity index is 1.88. The van der Waals surface area contributed by atoms with Gasteiger partial charge in [0.2, 0.25) is 0 Å². The number of carboxylic acid groups (broad SMARTS) is 1. The van der Waals surface area contributed by atoms with E-state index in [1.165, 1.54) is 0 Å². The summed E-state index contributed by atoms with van der Waals surface area (Å²) in [5, 5.41) is 23.2. The second kappa shape index (κ2) is 10.8. The number of carbonyl (C=O) groups is 1. The van der Waals surface area contributed by atoms with Crippen LogP contribution in [-0.4, -0.2) is 50.9 Å². The maximum atomic E-state index is 12.2. The molecule has 3 N–H and O–H groups in total. The number of ether oxygens (including phenoxy) is 1. The standard InChI is InChI=1S/C23H34N6O3Si/c1-5-6-18(23(30)31)19(13-16-7-8-17-9-10-21(24)25-20(17)14-16)22-26-27-28-29(22)15-32-11-12-33(2,3)4/h7-10,14,18-19H,5-6,11-13,15H2,1-4H3,(H2,24,25)(H,30,31)/t18?,19-/m0/s1. The summed E-state index contributed by atoms with van der Waals surface area (Å²) in [6.07, 6.45) is 1.75. The molecule has 2 atom stereocenters. The zero-order valence-electron chi connectivity index (χ0n) is 19.9. The Hall–Kier alpha value is -2.85. The van der Waals surface area contributed by atoms with Gasteiger partial charge in [-0.15, -0.1) is 5.10 Å². The Labute approximate surface area is 195 Å². The van der Waals surface area contributed by atoms with Gasteiger partial charge in [-0.25, -0.2) is 9.67 Å². The molecule has 0 amide bonds. The van der Waals surface area contributed by atoms with Gasteiger partial charge in [-0.1, -0.05) is 45.1 Å². The van der Waals surface area contributed by atoms with E-state index in [2.05, 4.69) is 40.2 Å². The molecule has 3 rings (SSSR count). The van der Waals surface area contributed by atoms with Crippen LogP contribution in [0.2, 0.25) is 25.7 Å². The van der Waals surface area contributed by atoms with Crippen LogP contribution in [0.5, 0.6) is 0 Å². The van der Waals surface area contributed by atoms with Crippen molar-refractivity contribution in [2.45, 2.75) is 64.5 Å². The van der Waals surface area contributed by atoms with E-state index in [4.69, 9.17) is 10.5 Å². The number of pyridine rings is 1. The van der Waals surface area contributed by atoms with Gasteiger partial charge >= 0.3 is 5.97 Å². The van der Waals surface area contributed by atoms with Gasteiger partial charge in [-0.2, -0.15) is 0 Å². The first-order valence-corrected chi connectivity index (χ1v) is 15.1. The van der Waals surface area contributed by atoms with Gasteiger partial charge in [-0.05, 0) is 53.1 Å². The molecule has 9 nitrogen and oxygen atoms in total. The molecule has 0 spiro atoms. The fourth-order valence-electron chi connectivity index (χ4n) is 3.88. The molecule has 0 saturated carbocycles. The molecule has 2 aromatic heterocycles. The van der Waals surface area contributed by atoms with Crippen LogP contribution in [0.3, 0.4) is 0 Å². The number of tetrazole rings is 1. The van der Waals surface area contributed by atoms with Crippen LogP contribution < -0.4 is 5.73 Å². The molecule has 0 aliphatic carbocycles. The quantitative estimate of drug-likeness (QED) is 0.301. The molecule has 3 aromatic rings. The smallest absolute Gasteiger partial charge is 0.307 e. The summed E-state index contributed by atoms with van der Waals surface area (Å²) >= 11 is 0. The summed E-state index contributed by atoms with van der Waals surface area (Å²) in [5.74, 6) is -0.892. The Bertz CT molecular complexity index is 1080. The van der Waals surface area contributed by atoms with Crippen molar-refractivity contribution in [3.8, 4) is 0 Å². The van der Waals surface area contributed by atoms with Gasteiger partial charge in [0.25, 0.3) is 0 Å². The highest BCUT2D eigenvalue weighted by molar-refractivity contribution is 6.76. The van der Waals surface area contributed by atoms with Crippen molar-refractivity contribution in [2.75, 3.05) is 12.3 Å². The predicted molar refractivity (Wildman–Crippen MR) is 131 cm³/mol. The molecular weight excluding hydrogens is 436 g/mol. The highest BCUT2D eigenvalue weighted by Gasteiger charge is 2.33. The van der Waals surface area contributed by atoms with Crippen molar-refractivity contribution < 1.29 is 14.6 Å². The minimum atomic E-state index is -1.21. The molecule has 0 aliphatic rings. The second-order valence-corrected chi connectivity index (χ2v) is 15.3. The fourth-order valence-corrected chi connectivity index (χ4v) is 4.64. The lowest BCUT2D eigenvalue weighted by Crippen LogP contribution is -2.27. The normalized spacial score (nSPS) is 13.8. The molecule has 0 radical (unpaired) electrons. The average molecular weight is 471 g/mol. The first-order valence-electron chi connectivity index (χ1n) is 11.4. The van der Waals surface area contributed by atoms with Crippen LogP contribution >= 0.6 is 0 Å². The van der Waals surface area contributed by atoms with Crippen molar-refractivity contribution in [1.29, 1.82) is 0 Å². The number of hydrogen-bond acceptors (Lipinski definition) is 7. The van der Waals surface area contributed by atoms with Gasteiger partial charge in [0.1, 0.15) is 12.5 Å². The van der Waals surface area contributed by atoms with Crippen LogP contribution in [0.1, 0.15) is 37.1 Å². The molecule has 178 valence electrons. The number of aromatic nitrogens is 5. The summed E-state index contributed by atoms with van der Waals surface area (Å²) in [7, 11) is -1.21. The third-order valence-electron chi connectivity index (χ3n) is 5.74. The first kappa shape index (κ1) is 24.8. The molecule has 2 heterocycles. The molecule has 1 aromatic carbocycles. The lowest BCUT2D eigenvalue weighted by molar-refractivity contribution is -0.143. The fraction of sp³-hybridized carbons (Fsp3) is 0.522. The Morgan fingerprint density at radius 1 is 1.24 bits per heavy atom. The number of aliphatic carboxylic acids is 1. The number of fused-ring (bicyclic) bond motifs is 1. The molecule has 10 heteroatoms. The Morgan fingerprint density at radius 3 is 2.70 bits per heavy atom. The van der Waals surface area contributed by atoms with Crippen LogP contribution in [0.15, 0.2) is 30.3 Å². The number of hydrogen-bond donors (Lipinski definition) is 2. The minimum Gasteiger partial charge on any atom is -0.481 e. The second-order valence-electron chi connectivity index (χ2n) is 9.69. The maximum absolute atomic E-state index is 12.2. The monoisotopic (exact) mass is 470 g/mol. The number of nitrogen functional groups attached to an aromatic ring is 1. The molecule has 0 saturated heterocycles. The van der Waals surface area contributed by atoms with E-state index in [1.807, 2.05) is 31.2 Å². The molecule has 1 unspecified atom stereocenters. The summed E-state index contributed by atoms with van der Waals surface area (Å²) in [6, 6.07) is 10.7. The van der Waals surface area contributed by atoms with Crippen molar-refractivity contribution in [3.63, 3.8) is 0 Å². The number of nitrogens with two attached hydrogens (primary N) is 1. The van der Waals surface area contributed by atoms with Gasteiger partial charge in [0, 0.05) is 26.0 Å². The molecule has 0 fully saturated rings. The summed E-state index contributed by atoms with van der Waals surface area (Å²) in [5.41, 5.74) is 7.60. The van der Waals surface area contributed by atoms with Crippen LogP contribution in [-0.2, 0) is 22.7 Å². The SMILES string of the molecule is CCCC(C(=O)O)[C@H](Cc1ccc2ccc(N)nc2c1)c1nnnn1COCC[Si](C)(C)C. The van der Waals surface area contributed by atoms with Crippen molar-refractivity contribution in [1.82, 2.24) is 25.2 Å². The van der Waals surface area contributed by atoms with E-state index in [-0.39, 0.29) is 6.73 Å². The highest BCUT2D eigenvalue weighted by atomic mass is 28.3. The minimum absolute atomic E-state index is 0.206. The first-order chi connectivity index (χ1) is 15.7. The number of benzene rings is 1. The van der Waals surface area contributed by atoms with Gasteiger partial charge in [0.15, 0.2) is 5.82 Å². The number of anilines is 1. The third-order valence-corrected chi connectivity index (χ3v) is 7.44. The van der Waals surface area contributed by atoms with E-state index < -0.39 is 25.9 Å². The van der Waals surface area contributed by atoms with E-state index in [1.54, 1.807) is 10.7 Å². The van der Waals surface area contributed by atoms with Crippen molar-refractivity contribution in [2.24, 2.45) is 5.92 Å². The van der Waals surface area contributed by atoms with Gasteiger partial charge in [0.05, 0.1) is 11.4 Å². The lowest BCUT2D eigenvalue weighted by atomic mass is 9.83. The molecular formula is C23H34N6O3Si. The van der Waals surface area contributed by atoms with E-state index >= 15 is 0 Å². The topological polar surface area (TPSA) is 129 Å². The van der Waals surface area contributed by atoms with E-state index in [0.29, 0.717) is 31.1 Å². The van der Waals surface area contributed by atoms with Crippen molar-refractivity contribution in [3.05, 3.63) is 41.7 Å². The molecule has 0 aliphatic heterocycles. The van der Waals surface area contributed by atoms with Gasteiger partial charge < -0.3 is 15.6 Å². The zero-order chi connectivity index (χ0) is 24.0. The number of nitrogens with zero attached hydrogens (tertiary/aromatic N) is 5. The molecule has 33 heavy (non-hydrogen) atoms. The lowest BCUT2D eigenvalue weighted by Gasteiger charge is -2.23. The zero-order valence-corrected chi connectivity index (χ0v) is 20.9. The Kier molecular flexibility index (Phi) is 8.14. The maximum Gasteiger partial charge on any atom is 0.307 e. The van der Waals surface area contributed by atoms with Crippen molar-refractivity contribution >= 4 is 30.8 Å². The third kappa shape index (κ3) is 6.81. The van der Waals surface area contributed by atoms with Gasteiger partial charge in [-0.3, -0.25) is 4.79 Å².